The van der Waals surface area contributed by atoms with Crippen LogP contribution in [0.15, 0.2) is 36.4 Å². The summed E-state index contributed by atoms with van der Waals surface area (Å²) in [6.07, 6.45) is 0.782. The lowest BCUT2D eigenvalue weighted by Gasteiger charge is -2.21. The van der Waals surface area contributed by atoms with E-state index in [0.29, 0.717) is 5.56 Å². The van der Waals surface area contributed by atoms with Crippen LogP contribution in [-0.4, -0.2) is 6.54 Å². The Kier molecular flexibility index (Phi) is 3.88. The van der Waals surface area contributed by atoms with Crippen LogP contribution in [0.4, 0.5) is 14.5 Å². The highest BCUT2D eigenvalue weighted by Crippen LogP contribution is 2.30. The van der Waals surface area contributed by atoms with Crippen molar-refractivity contribution < 1.29 is 8.78 Å². The number of halogens is 2. The van der Waals surface area contributed by atoms with Gasteiger partial charge in [-0.15, -0.1) is 0 Å². The fraction of sp³-hybridized carbons (Fsp3) is 0.294. The molecule has 2 aromatic carbocycles. The fourth-order valence-corrected chi connectivity index (χ4v) is 2.77. The maximum absolute atomic E-state index is 14.2. The Morgan fingerprint density at radius 3 is 2.81 bits per heavy atom. The molecule has 110 valence electrons. The Labute approximate surface area is 123 Å². The van der Waals surface area contributed by atoms with Gasteiger partial charge in [0.25, 0.3) is 0 Å². The minimum absolute atomic E-state index is 0.0308. The van der Waals surface area contributed by atoms with Gasteiger partial charge in [-0.1, -0.05) is 30.3 Å². The normalized spacial score (nSPS) is 18.0. The maximum atomic E-state index is 14.2. The number of rotatable bonds is 2. The molecule has 0 aromatic heterocycles. The molecule has 1 aliphatic rings. The predicted molar refractivity (Wildman–Crippen MR) is 80.2 cm³/mol. The molecule has 3 rings (SSSR count). The molecule has 1 heterocycles. The van der Waals surface area contributed by atoms with E-state index in [4.69, 9.17) is 0 Å². The monoisotopic (exact) mass is 288 g/mol. The number of anilines is 1. The summed E-state index contributed by atoms with van der Waals surface area (Å²) < 4.78 is 28.1. The van der Waals surface area contributed by atoms with Gasteiger partial charge in [0.15, 0.2) is 5.82 Å². The lowest BCUT2D eigenvalue weighted by atomic mass is 9.99. The number of hydrogen-bond donors (Lipinski definition) is 2. The molecule has 0 fully saturated rings. The molecule has 0 amide bonds. The van der Waals surface area contributed by atoms with Gasteiger partial charge in [0.1, 0.15) is 11.5 Å². The van der Waals surface area contributed by atoms with Crippen molar-refractivity contribution in [1.29, 1.82) is 0 Å². The van der Waals surface area contributed by atoms with Crippen LogP contribution in [-0.2, 0) is 6.54 Å². The van der Waals surface area contributed by atoms with E-state index in [1.165, 1.54) is 17.7 Å². The summed E-state index contributed by atoms with van der Waals surface area (Å²) in [5.74, 6) is -1.06. The van der Waals surface area contributed by atoms with Crippen molar-refractivity contribution in [2.75, 3.05) is 11.9 Å². The van der Waals surface area contributed by atoms with Gasteiger partial charge >= 0.3 is 0 Å². The molecule has 2 N–H and O–H groups in total. The first-order valence-corrected chi connectivity index (χ1v) is 7.16. The van der Waals surface area contributed by atoms with Crippen LogP contribution in [0.25, 0.3) is 0 Å². The Balaban J connectivity index is 1.97. The Morgan fingerprint density at radius 2 is 1.95 bits per heavy atom. The van der Waals surface area contributed by atoms with Gasteiger partial charge in [-0.25, -0.2) is 8.78 Å². The summed E-state index contributed by atoms with van der Waals surface area (Å²) in [4.78, 5) is 0. The Bertz CT molecular complexity index is 655. The van der Waals surface area contributed by atoms with Crippen molar-refractivity contribution in [3.05, 3.63) is 64.7 Å². The predicted octanol–water partition coefficient (Wildman–Crippen LogP) is 3.92. The van der Waals surface area contributed by atoms with Gasteiger partial charge in [-0.05, 0) is 42.6 Å². The molecular weight excluding hydrogens is 270 g/mol. The smallest absolute Gasteiger partial charge is 0.152 e. The van der Waals surface area contributed by atoms with E-state index in [1.54, 1.807) is 6.92 Å². The van der Waals surface area contributed by atoms with Gasteiger partial charge in [0.2, 0.25) is 0 Å². The quantitative estimate of drug-likeness (QED) is 0.875. The number of aryl methyl sites for hydroxylation is 1. The van der Waals surface area contributed by atoms with E-state index in [0.717, 1.165) is 25.1 Å². The SMILES string of the molecule is Cc1ccc(F)c(NC2CCNCc3ccccc32)c1F. The highest BCUT2D eigenvalue weighted by molar-refractivity contribution is 5.51. The molecule has 1 atom stereocenters. The third-order valence-electron chi connectivity index (χ3n) is 3.96. The molecule has 4 heteroatoms. The molecule has 21 heavy (non-hydrogen) atoms. The molecule has 2 nitrogen and oxygen atoms in total. The lowest BCUT2D eigenvalue weighted by molar-refractivity contribution is 0.570. The van der Waals surface area contributed by atoms with Gasteiger partial charge in [-0.2, -0.15) is 0 Å². The van der Waals surface area contributed by atoms with Crippen LogP contribution >= 0.6 is 0 Å². The highest BCUT2D eigenvalue weighted by atomic mass is 19.1. The molecule has 0 spiro atoms. The van der Waals surface area contributed by atoms with Crippen LogP contribution < -0.4 is 10.6 Å². The highest BCUT2D eigenvalue weighted by Gasteiger charge is 2.21. The topological polar surface area (TPSA) is 24.1 Å². The minimum Gasteiger partial charge on any atom is -0.373 e. The summed E-state index contributed by atoms with van der Waals surface area (Å²) >= 11 is 0. The number of hydrogen-bond acceptors (Lipinski definition) is 2. The molecule has 0 bridgehead atoms. The Morgan fingerprint density at radius 1 is 1.14 bits per heavy atom. The Hall–Kier alpha value is -1.94. The van der Waals surface area contributed by atoms with Gasteiger partial charge < -0.3 is 10.6 Å². The summed E-state index contributed by atoms with van der Waals surface area (Å²) in [7, 11) is 0. The van der Waals surface area contributed by atoms with Crippen molar-refractivity contribution in [2.45, 2.75) is 25.9 Å². The molecule has 0 saturated heterocycles. The standard InChI is InChI=1S/C17H18F2N2/c1-11-6-7-14(18)17(16(11)19)21-15-8-9-20-10-12-4-2-3-5-13(12)15/h2-7,15,20-21H,8-10H2,1H3. The number of nitrogens with one attached hydrogen (secondary N) is 2. The van der Waals surface area contributed by atoms with Crippen LogP contribution in [0.5, 0.6) is 0 Å². The van der Waals surface area contributed by atoms with Crippen LogP contribution in [0.2, 0.25) is 0 Å². The van der Waals surface area contributed by atoms with E-state index in [2.05, 4.69) is 10.6 Å². The summed E-state index contributed by atoms with van der Waals surface area (Å²) in [6, 6.07) is 10.7. The first-order valence-electron chi connectivity index (χ1n) is 7.16. The molecule has 1 unspecified atom stereocenters. The third kappa shape index (κ3) is 2.76. The maximum Gasteiger partial charge on any atom is 0.152 e. The van der Waals surface area contributed by atoms with Crippen LogP contribution in [0, 0.1) is 18.6 Å². The largest absolute Gasteiger partial charge is 0.373 e. The number of benzene rings is 2. The summed E-state index contributed by atoms with van der Waals surface area (Å²) in [5.41, 5.74) is 2.68. The molecule has 2 aromatic rings. The number of fused-ring (bicyclic) bond motifs is 1. The van der Waals surface area contributed by atoms with Crippen LogP contribution in [0.1, 0.15) is 29.2 Å². The van der Waals surface area contributed by atoms with Gasteiger partial charge in [-0.3, -0.25) is 0 Å². The average Bonchev–Trinajstić information content (AvgIpc) is 2.70. The third-order valence-corrected chi connectivity index (χ3v) is 3.96. The second kappa shape index (κ2) is 5.82. The first kappa shape index (κ1) is 14.0. The van der Waals surface area contributed by atoms with Gasteiger partial charge in [0, 0.05) is 6.54 Å². The zero-order chi connectivity index (χ0) is 14.8. The van der Waals surface area contributed by atoms with Crippen molar-refractivity contribution in [3.63, 3.8) is 0 Å². The fourth-order valence-electron chi connectivity index (χ4n) is 2.77. The van der Waals surface area contributed by atoms with Crippen LogP contribution in [0.3, 0.4) is 0 Å². The minimum atomic E-state index is -0.548. The lowest BCUT2D eigenvalue weighted by Crippen LogP contribution is -2.16. The molecule has 1 aliphatic heterocycles. The van der Waals surface area contributed by atoms with E-state index in [1.807, 2.05) is 24.3 Å². The van der Waals surface area contributed by atoms with Crippen molar-refractivity contribution >= 4 is 5.69 Å². The summed E-state index contributed by atoms with van der Waals surface area (Å²) in [5, 5.41) is 6.40. The molecule has 0 aliphatic carbocycles. The second-order valence-electron chi connectivity index (χ2n) is 5.41. The van der Waals surface area contributed by atoms with E-state index in [-0.39, 0.29) is 11.7 Å². The van der Waals surface area contributed by atoms with E-state index in [9.17, 15) is 8.78 Å². The van der Waals surface area contributed by atoms with E-state index < -0.39 is 11.6 Å². The first-order chi connectivity index (χ1) is 10.2. The van der Waals surface area contributed by atoms with Crippen molar-refractivity contribution in [3.8, 4) is 0 Å². The zero-order valence-electron chi connectivity index (χ0n) is 11.9. The zero-order valence-corrected chi connectivity index (χ0v) is 11.9. The molecular formula is C17H18F2N2. The second-order valence-corrected chi connectivity index (χ2v) is 5.41. The summed E-state index contributed by atoms with van der Waals surface area (Å²) in [6.45, 7) is 3.23. The molecule has 0 saturated carbocycles. The van der Waals surface area contributed by atoms with E-state index >= 15 is 0 Å². The van der Waals surface area contributed by atoms with Crippen molar-refractivity contribution in [1.82, 2.24) is 5.32 Å². The van der Waals surface area contributed by atoms with Crippen molar-refractivity contribution in [2.24, 2.45) is 0 Å². The molecule has 0 radical (unpaired) electrons. The average molecular weight is 288 g/mol. The van der Waals surface area contributed by atoms with Gasteiger partial charge in [0.05, 0.1) is 6.04 Å².